The van der Waals surface area contributed by atoms with Gasteiger partial charge in [0.1, 0.15) is 0 Å². The van der Waals surface area contributed by atoms with Crippen molar-refractivity contribution < 1.29 is 9.59 Å². The fourth-order valence-electron chi connectivity index (χ4n) is 1.31. The fourth-order valence-corrected chi connectivity index (χ4v) is 1.31. The molecule has 2 heteroatoms. The number of rotatable bonds is 4. The minimum atomic E-state index is -0.647. The molecule has 13 heavy (non-hydrogen) atoms. The van der Waals surface area contributed by atoms with E-state index in [2.05, 4.69) is 0 Å². The number of carbonyl (C=O) groups excluding carboxylic acids is 2. The normalized spacial score (nSPS) is 10.8. The number of hydrogen-bond acceptors (Lipinski definition) is 2. The Hall–Kier alpha value is -0.920. The maximum absolute atomic E-state index is 11.5. The lowest BCUT2D eigenvalue weighted by Gasteiger charge is -2.17. The predicted octanol–water partition coefficient (Wildman–Crippen LogP) is 2.53. The average molecular weight is 182 g/mol. The Morgan fingerprint density at radius 3 is 2.00 bits per heavy atom. The molecular weight excluding hydrogens is 164 g/mol. The molecular formula is C11H18O2. The molecule has 0 aromatic carbocycles. The van der Waals surface area contributed by atoms with E-state index < -0.39 is 5.41 Å². The van der Waals surface area contributed by atoms with Crippen molar-refractivity contribution in [3.05, 3.63) is 11.6 Å². The van der Waals surface area contributed by atoms with Crippen molar-refractivity contribution in [2.45, 2.75) is 41.0 Å². The summed E-state index contributed by atoms with van der Waals surface area (Å²) in [6.07, 6.45) is 2.13. The largest absolute Gasteiger partial charge is 0.291 e. The summed E-state index contributed by atoms with van der Waals surface area (Å²) in [5.41, 5.74) is 0.411. The smallest absolute Gasteiger partial charge is 0.207 e. The standard InChI is InChI=1S/C11H18O2/c1-6-9(12)10(13)11(4,5)7-8(2)3/h7H,6H2,1-5H3. The molecule has 0 saturated heterocycles. The first kappa shape index (κ1) is 12.1. The Kier molecular flexibility index (Phi) is 4.05. The van der Waals surface area contributed by atoms with Gasteiger partial charge in [0.25, 0.3) is 0 Å². The van der Waals surface area contributed by atoms with Gasteiger partial charge in [0.05, 0.1) is 0 Å². The van der Waals surface area contributed by atoms with Crippen molar-refractivity contribution in [1.82, 2.24) is 0 Å². The fraction of sp³-hybridized carbons (Fsp3) is 0.636. The van der Waals surface area contributed by atoms with Crippen LogP contribution in [0.1, 0.15) is 41.0 Å². The molecule has 0 spiro atoms. The van der Waals surface area contributed by atoms with Crippen molar-refractivity contribution in [2.75, 3.05) is 0 Å². The first-order valence-corrected chi connectivity index (χ1v) is 4.55. The van der Waals surface area contributed by atoms with Crippen molar-refractivity contribution in [3.63, 3.8) is 0 Å². The molecule has 2 nitrogen and oxygen atoms in total. The molecule has 0 aromatic heterocycles. The highest BCUT2D eigenvalue weighted by atomic mass is 16.2. The third kappa shape index (κ3) is 3.53. The molecule has 0 aliphatic heterocycles. The third-order valence-electron chi connectivity index (χ3n) is 1.81. The lowest BCUT2D eigenvalue weighted by Crippen LogP contribution is -2.29. The second-order valence-electron chi connectivity index (χ2n) is 4.05. The summed E-state index contributed by atoms with van der Waals surface area (Å²) in [6.45, 7) is 9.10. The molecule has 0 N–H and O–H groups in total. The van der Waals surface area contributed by atoms with E-state index in [0.29, 0.717) is 6.42 Å². The van der Waals surface area contributed by atoms with Crippen LogP contribution in [0.2, 0.25) is 0 Å². The van der Waals surface area contributed by atoms with Gasteiger partial charge in [-0.05, 0) is 27.7 Å². The summed E-state index contributed by atoms with van der Waals surface area (Å²) >= 11 is 0. The number of allylic oxidation sites excluding steroid dienone is 2. The van der Waals surface area contributed by atoms with Crippen LogP contribution in [0.4, 0.5) is 0 Å². The summed E-state index contributed by atoms with van der Waals surface area (Å²) in [4.78, 5) is 22.7. The molecule has 0 aliphatic rings. The Labute approximate surface area is 80.0 Å². The Morgan fingerprint density at radius 2 is 1.69 bits per heavy atom. The molecule has 0 aliphatic carbocycles. The lowest BCUT2D eigenvalue weighted by molar-refractivity contribution is -0.140. The Morgan fingerprint density at radius 1 is 1.23 bits per heavy atom. The SMILES string of the molecule is CCC(=O)C(=O)C(C)(C)C=C(C)C. The maximum Gasteiger partial charge on any atom is 0.207 e. The molecule has 0 rings (SSSR count). The van der Waals surface area contributed by atoms with Gasteiger partial charge in [-0.3, -0.25) is 9.59 Å². The Balaban J connectivity index is 4.74. The Bertz CT molecular complexity index is 243. The van der Waals surface area contributed by atoms with Gasteiger partial charge in [0, 0.05) is 11.8 Å². The van der Waals surface area contributed by atoms with Crippen LogP contribution in [0, 0.1) is 5.41 Å². The molecule has 0 heterocycles. The van der Waals surface area contributed by atoms with Crippen molar-refractivity contribution in [1.29, 1.82) is 0 Å². The molecule has 0 aromatic rings. The summed E-state index contributed by atoms with van der Waals surface area (Å²) < 4.78 is 0. The van der Waals surface area contributed by atoms with Crippen LogP contribution < -0.4 is 0 Å². The van der Waals surface area contributed by atoms with Gasteiger partial charge in [-0.15, -0.1) is 0 Å². The highest BCUT2D eigenvalue weighted by Crippen LogP contribution is 2.21. The van der Waals surface area contributed by atoms with Gasteiger partial charge >= 0.3 is 0 Å². The van der Waals surface area contributed by atoms with Crippen LogP contribution in [0.3, 0.4) is 0 Å². The van der Waals surface area contributed by atoms with Crippen LogP contribution in [0.15, 0.2) is 11.6 Å². The number of ketones is 2. The number of hydrogen-bond donors (Lipinski definition) is 0. The van der Waals surface area contributed by atoms with Gasteiger partial charge in [0.15, 0.2) is 5.78 Å². The van der Waals surface area contributed by atoms with E-state index in [4.69, 9.17) is 0 Å². The van der Waals surface area contributed by atoms with Crippen molar-refractivity contribution in [3.8, 4) is 0 Å². The molecule has 0 atom stereocenters. The van der Waals surface area contributed by atoms with Crippen LogP contribution in [-0.4, -0.2) is 11.6 Å². The molecule has 0 saturated carbocycles. The quantitative estimate of drug-likeness (QED) is 0.494. The second-order valence-corrected chi connectivity index (χ2v) is 4.05. The van der Waals surface area contributed by atoms with E-state index >= 15 is 0 Å². The molecule has 74 valence electrons. The minimum Gasteiger partial charge on any atom is -0.291 e. The summed E-state index contributed by atoms with van der Waals surface area (Å²) in [7, 11) is 0. The molecule has 0 fully saturated rings. The van der Waals surface area contributed by atoms with Crippen LogP contribution in [0.25, 0.3) is 0 Å². The zero-order valence-corrected chi connectivity index (χ0v) is 9.10. The van der Waals surface area contributed by atoms with Crippen molar-refractivity contribution >= 4 is 11.6 Å². The van der Waals surface area contributed by atoms with Gasteiger partial charge in [-0.25, -0.2) is 0 Å². The van der Waals surface area contributed by atoms with E-state index in [1.54, 1.807) is 20.8 Å². The van der Waals surface area contributed by atoms with Gasteiger partial charge < -0.3 is 0 Å². The summed E-state index contributed by atoms with van der Waals surface area (Å²) in [6, 6.07) is 0. The van der Waals surface area contributed by atoms with E-state index in [9.17, 15) is 9.59 Å². The highest BCUT2D eigenvalue weighted by molar-refractivity contribution is 6.39. The topological polar surface area (TPSA) is 34.1 Å². The first-order valence-electron chi connectivity index (χ1n) is 4.55. The van der Waals surface area contributed by atoms with Gasteiger partial charge in [0.2, 0.25) is 5.78 Å². The maximum atomic E-state index is 11.5. The van der Waals surface area contributed by atoms with Gasteiger partial charge in [-0.1, -0.05) is 18.6 Å². The van der Waals surface area contributed by atoms with Gasteiger partial charge in [-0.2, -0.15) is 0 Å². The summed E-state index contributed by atoms with van der Waals surface area (Å²) in [5, 5.41) is 0. The zero-order valence-electron chi connectivity index (χ0n) is 9.10. The molecule has 0 amide bonds. The summed E-state index contributed by atoms with van der Waals surface area (Å²) in [5.74, 6) is -0.585. The van der Waals surface area contributed by atoms with Crippen molar-refractivity contribution in [2.24, 2.45) is 5.41 Å². The monoisotopic (exact) mass is 182 g/mol. The molecule has 0 radical (unpaired) electrons. The second kappa shape index (κ2) is 4.35. The van der Waals surface area contributed by atoms with Crippen LogP contribution in [-0.2, 0) is 9.59 Å². The van der Waals surface area contributed by atoms with E-state index in [0.717, 1.165) is 5.57 Å². The average Bonchev–Trinajstić information content (AvgIpc) is 1.99. The first-order chi connectivity index (χ1) is 5.81. The van der Waals surface area contributed by atoms with E-state index in [1.165, 1.54) is 0 Å². The van der Waals surface area contributed by atoms with E-state index in [1.807, 2.05) is 19.9 Å². The highest BCUT2D eigenvalue weighted by Gasteiger charge is 2.29. The minimum absolute atomic E-state index is 0.289. The molecule has 0 bridgehead atoms. The lowest BCUT2D eigenvalue weighted by atomic mass is 9.84. The predicted molar refractivity (Wildman–Crippen MR) is 53.5 cm³/mol. The van der Waals surface area contributed by atoms with Crippen LogP contribution >= 0.6 is 0 Å². The number of carbonyl (C=O) groups is 2. The zero-order chi connectivity index (χ0) is 10.6. The third-order valence-corrected chi connectivity index (χ3v) is 1.81. The number of Topliss-reactive ketones (excluding diaryl/α,β-unsaturated/α-hetero) is 2. The van der Waals surface area contributed by atoms with Crippen LogP contribution in [0.5, 0.6) is 0 Å². The van der Waals surface area contributed by atoms with E-state index in [-0.39, 0.29) is 11.6 Å². The molecule has 0 unspecified atom stereocenters.